The number of rotatable bonds is 10. The van der Waals surface area contributed by atoms with Crippen molar-refractivity contribution in [1.82, 2.24) is 29.6 Å². The molecule has 4 N–H and O–H groups in total. The number of fused-ring (bicyclic) bond motifs is 1. The lowest BCUT2D eigenvalue weighted by molar-refractivity contribution is -0.142. The van der Waals surface area contributed by atoms with Crippen molar-refractivity contribution < 1.29 is 23.1 Å². The maximum absolute atomic E-state index is 13.2. The largest absolute Gasteiger partial charge is 0.480 e. The highest BCUT2D eigenvalue weighted by molar-refractivity contribution is 7.89. The van der Waals surface area contributed by atoms with Gasteiger partial charge in [-0.2, -0.15) is 17.4 Å². The molecule has 1 aromatic carbocycles. The number of hydrogen-bond acceptors (Lipinski definition) is 8. The Morgan fingerprint density at radius 3 is 2.44 bits per heavy atom. The third-order valence-electron chi connectivity index (χ3n) is 5.88. The number of aliphatic carboxylic acids is 1. The normalized spacial score (nSPS) is 13.6. The van der Waals surface area contributed by atoms with Crippen LogP contribution in [0.15, 0.2) is 76.8 Å². The lowest BCUT2D eigenvalue weighted by Crippen LogP contribution is -2.58. The van der Waals surface area contributed by atoms with E-state index in [1.54, 1.807) is 42.6 Å². The summed E-state index contributed by atoms with van der Waals surface area (Å²) in [5, 5.41) is 12.2. The molecule has 0 fully saturated rings. The molecule has 0 unspecified atom stereocenters. The minimum Gasteiger partial charge on any atom is -0.480 e. The summed E-state index contributed by atoms with van der Waals surface area (Å²) in [6, 6.07) is 9.96. The molecule has 0 saturated heterocycles. The summed E-state index contributed by atoms with van der Waals surface area (Å²) in [4.78, 5) is 48.2. The molecule has 2 atom stereocenters. The van der Waals surface area contributed by atoms with Gasteiger partial charge in [0.2, 0.25) is 15.9 Å². The predicted molar refractivity (Wildman–Crippen MR) is 146 cm³/mol. The molecule has 0 radical (unpaired) electrons. The Bertz CT molecular complexity index is 1660. The Kier molecular flexibility index (Phi) is 7.90. The minimum atomic E-state index is -4.15. The summed E-state index contributed by atoms with van der Waals surface area (Å²) in [7, 11) is -4.15. The van der Waals surface area contributed by atoms with Crippen LogP contribution in [0.1, 0.15) is 19.4 Å². The molecule has 0 saturated carbocycles. The van der Waals surface area contributed by atoms with Gasteiger partial charge in [0.05, 0.1) is 11.2 Å². The number of H-pyrrole nitrogens is 1. The summed E-state index contributed by atoms with van der Waals surface area (Å²) in [5.74, 6) is -2.17. The molecule has 204 valence electrons. The number of amides is 1. The molecule has 14 heteroatoms. The number of hydrogen-bond donors (Lipinski definition) is 5. The number of carbonyl (C=O) groups is 2. The first-order valence-electron chi connectivity index (χ1n) is 11.7. The highest BCUT2D eigenvalue weighted by Crippen LogP contribution is 2.21. The lowest BCUT2D eigenvalue weighted by atomic mass is 10.0. The first-order chi connectivity index (χ1) is 18.4. The third-order valence-corrected chi connectivity index (χ3v) is 7.54. The zero-order chi connectivity index (χ0) is 28.4. The van der Waals surface area contributed by atoms with E-state index in [1.807, 2.05) is 0 Å². The Labute approximate surface area is 229 Å². The number of benzene rings is 1. The number of imidazole rings is 1. The Balaban J connectivity index is 1.53. The highest BCUT2D eigenvalue weighted by Gasteiger charge is 2.38. The second-order valence-corrected chi connectivity index (χ2v) is 12.2. The molecule has 3 heterocycles. The molecule has 0 aliphatic rings. The van der Waals surface area contributed by atoms with Crippen LogP contribution in [0.5, 0.6) is 0 Å². The summed E-state index contributed by atoms with van der Waals surface area (Å²) < 4.78 is 28.2. The molecule has 0 bridgehead atoms. The molecule has 0 spiro atoms. The Hall–Kier alpha value is -4.01. The summed E-state index contributed by atoms with van der Waals surface area (Å²) >= 11 is 4.37. The van der Waals surface area contributed by atoms with Gasteiger partial charge in [-0.25, -0.2) is 27.6 Å². The van der Waals surface area contributed by atoms with E-state index in [1.165, 1.54) is 36.7 Å². The van der Waals surface area contributed by atoms with E-state index in [4.69, 9.17) is 0 Å². The van der Waals surface area contributed by atoms with Gasteiger partial charge < -0.3 is 15.4 Å². The van der Waals surface area contributed by atoms with Crippen molar-refractivity contribution in [2.75, 3.05) is 0 Å². The van der Waals surface area contributed by atoms with Crippen LogP contribution in [0.3, 0.4) is 0 Å². The molecule has 3 aromatic heterocycles. The van der Waals surface area contributed by atoms with Crippen LogP contribution in [0.2, 0.25) is 0 Å². The second-order valence-electron chi connectivity index (χ2n) is 9.31. The van der Waals surface area contributed by atoms with Gasteiger partial charge in [0, 0.05) is 29.8 Å². The number of nitrogens with zero attached hydrogens (tertiary/aromatic N) is 3. The number of thiol groups is 1. The van der Waals surface area contributed by atoms with E-state index in [2.05, 4.69) is 37.6 Å². The number of sulfonamides is 1. The van der Waals surface area contributed by atoms with Crippen LogP contribution in [-0.2, 0) is 26.0 Å². The van der Waals surface area contributed by atoms with Gasteiger partial charge in [0.25, 0.3) is 0 Å². The van der Waals surface area contributed by atoms with E-state index < -0.39 is 38.7 Å². The SMILES string of the molecule is CC(C)(S)[C@H](NS(=O)(=O)c1cccnc1)C(=O)N[C@@H](Cc1ccc(-n2c(=O)[nH]c3cccnc32)cc1)C(=O)O. The smallest absolute Gasteiger partial charge is 0.332 e. The number of carboxylic acids is 1. The quantitative estimate of drug-likeness (QED) is 0.177. The maximum atomic E-state index is 13.2. The molecular formula is C25H26N6O6S2. The zero-order valence-corrected chi connectivity index (χ0v) is 22.6. The first kappa shape index (κ1) is 28.0. The average Bonchev–Trinajstić information content (AvgIpc) is 3.22. The molecule has 4 aromatic rings. The number of nitrogens with one attached hydrogen (secondary N) is 3. The highest BCUT2D eigenvalue weighted by atomic mass is 32.2. The van der Waals surface area contributed by atoms with Crippen LogP contribution >= 0.6 is 12.6 Å². The fraction of sp³-hybridized carbons (Fsp3) is 0.240. The number of aromatic amines is 1. The van der Waals surface area contributed by atoms with Gasteiger partial charge in [-0.1, -0.05) is 12.1 Å². The topological polar surface area (TPSA) is 176 Å². The van der Waals surface area contributed by atoms with Gasteiger partial charge in [-0.15, -0.1) is 0 Å². The summed E-state index contributed by atoms with van der Waals surface area (Å²) in [5.41, 5.74) is 1.72. The number of carbonyl (C=O) groups excluding carboxylic acids is 1. The van der Waals surface area contributed by atoms with Crippen molar-refractivity contribution >= 4 is 45.7 Å². The first-order valence-corrected chi connectivity index (χ1v) is 13.6. The molecular weight excluding hydrogens is 544 g/mol. The van der Waals surface area contributed by atoms with Crippen LogP contribution in [0.25, 0.3) is 16.9 Å². The molecule has 0 aliphatic heterocycles. The van der Waals surface area contributed by atoms with Crippen molar-refractivity contribution in [3.63, 3.8) is 0 Å². The molecule has 12 nitrogen and oxygen atoms in total. The van der Waals surface area contributed by atoms with E-state index in [-0.39, 0.29) is 17.0 Å². The van der Waals surface area contributed by atoms with Gasteiger partial charge >= 0.3 is 11.7 Å². The summed E-state index contributed by atoms with van der Waals surface area (Å²) in [6.07, 6.45) is 4.01. The van der Waals surface area contributed by atoms with Crippen LogP contribution < -0.4 is 15.7 Å². The standard InChI is InChI=1S/C25H26N6O6S2/c1-25(2,38)20(30-39(36,37)17-5-3-11-26-14-17)22(32)28-19(23(33)34)13-15-7-9-16(10-8-15)31-21-18(29-24(31)35)6-4-12-27-21/h3-12,14,19-20,30,38H,13H2,1-2H3,(H,28,32)(H,29,35)(H,33,34)/t19-,20+/m0/s1. The van der Waals surface area contributed by atoms with E-state index in [0.717, 1.165) is 6.20 Å². The monoisotopic (exact) mass is 570 g/mol. The Morgan fingerprint density at radius 2 is 1.82 bits per heavy atom. The third kappa shape index (κ3) is 6.35. The van der Waals surface area contributed by atoms with Gasteiger partial charge in [0.1, 0.15) is 17.0 Å². The van der Waals surface area contributed by atoms with Crippen molar-refractivity contribution in [3.8, 4) is 5.69 Å². The van der Waals surface area contributed by atoms with Crippen LogP contribution in [0, 0.1) is 0 Å². The van der Waals surface area contributed by atoms with Crippen molar-refractivity contribution in [2.24, 2.45) is 0 Å². The number of pyridine rings is 2. The van der Waals surface area contributed by atoms with E-state index >= 15 is 0 Å². The molecule has 1 amide bonds. The van der Waals surface area contributed by atoms with Crippen LogP contribution in [0.4, 0.5) is 0 Å². The molecule has 4 rings (SSSR count). The van der Waals surface area contributed by atoms with Gasteiger partial charge in [-0.3, -0.25) is 9.78 Å². The van der Waals surface area contributed by atoms with Crippen molar-refractivity contribution in [1.29, 1.82) is 0 Å². The second kappa shape index (κ2) is 11.0. The number of aromatic nitrogens is 4. The fourth-order valence-electron chi connectivity index (χ4n) is 3.90. The van der Waals surface area contributed by atoms with Gasteiger partial charge in [0.15, 0.2) is 5.65 Å². The Morgan fingerprint density at radius 1 is 1.13 bits per heavy atom. The predicted octanol–water partition coefficient (Wildman–Crippen LogP) is 1.28. The summed E-state index contributed by atoms with van der Waals surface area (Å²) in [6.45, 7) is 3.06. The van der Waals surface area contributed by atoms with Gasteiger partial charge in [-0.05, 0) is 55.8 Å². The van der Waals surface area contributed by atoms with Crippen LogP contribution in [-0.4, -0.2) is 61.8 Å². The van der Waals surface area contributed by atoms with E-state index in [9.17, 15) is 27.9 Å². The molecule has 0 aliphatic carbocycles. The zero-order valence-electron chi connectivity index (χ0n) is 20.9. The lowest BCUT2D eigenvalue weighted by Gasteiger charge is -2.30. The number of carboxylic acid groups (broad SMARTS) is 1. The maximum Gasteiger partial charge on any atom is 0.332 e. The molecule has 39 heavy (non-hydrogen) atoms. The van der Waals surface area contributed by atoms with Crippen molar-refractivity contribution in [3.05, 3.63) is 83.2 Å². The van der Waals surface area contributed by atoms with E-state index in [0.29, 0.717) is 22.4 Å². The average molecular weight is 571 g/mol. The fourth-order valence-corrected chi connectivity index (χ4v) is 5.47. The van der Waals surface area contributed by atoms with Crippen molar-refractivity contribution in [2.45, 2.75) is 42.0 Å². The minimum absolute atomic E-state index is 0.0997.